The quantitative estimate of drug-likeness (QED) is 0.654. The molecule has 78 valence electrons. The Morgan fingerprint density at radius 1 is 1.38 bits per heavy atom. The second kappa shape index (κ2) is 7.04. The summed E-state index contributed by atoms with van der Waals surface area (Å²) in [4.78, 5) is 11.4. The van der Waals surface area contributed by atoms with Crippen molar-refractivity contribution in [1.29, 1.82) is 0 Å². The van der Waals surface area contributed by atoms with E-state index in [-0.39, 0.29) is 17.9 Å². The topological polar surface area (TPSA) is 38.3 Å². The highest BCUT2D eigenvalue weighted by molar-refractivity contribution is 5.83. The van der Waals surface area contributed by atoms with Crippen molar-refractivity contribution in [2.75, 3.05) is 13.2 Å². The molecule has 0 aliphatic rings. The molecule has 0 aromatic carbocycles. The molecule has 0 saturated carbocycles. The van der Waals surface area contributed by atoms with Crippen LogP contribution in [0.2, 0.25) is 0 Å². The van der Waals surface area contributed by atoms with Crippen LogP contribution in [0, 0.1) is 0 Å². The molecule has 0 saturated heterocycles. The first-order valence-electron chi connectivity index (χ1n) is 4.99. The van der Waals surface area contributed by atoms with E-state index in [0.29, 0.717) is 13.0 Å². The van der Waals surface area contributed by atoms with Gasteiger partial charge in [0.25, 0.3) is 0 Å². The first-order chi connectivity index (χ1) is 6.11. The summed E-state index contributed by atoms with van der Waals surface area (Å²) in [7, 11) is 0. The zero-order chi connectivity index (χ0) is 10.3. The molecule has 0 aromatic rings. The Kier molecular flexibility index (Phi) is 6.82. The van der Waals surface area contributed by atoms with Gasteiger partial charge in [0, 0.05) is 6.42 Å². The number of carbonyl (C=O) groups is 1. The highest BCUT2D eigenvalue weighted by atomic mass is 16.5. The molecule has 0 amide bonds. The summed E-state index contributed by atoms with van der Waals surface area (Å²) in [5.74, 6) is 0.225. The molecule has 1 unspecified atom stereocenters. The Hall–Kier alpha value is -0.410. The molecular weight excluding hydrogens is 166 g/mol. The number of Topliss-reactive ketones (excluding diaryl/α,β-unsaturated/α-hetero) is 1. The Bertz CT molecular complexity index is 146. The predicted octanol–water partition coefficient (Wildman–Crippen LogP) is 1.37. The Morgan fingerprint density at radius 3 is 2.38 bits per heavy atom. The van der Waals surface area contributed by atoms with Crippen LogP contribution in [0.5, 0.6) is 0 Å². The van der Waals surface area contributed by atoms with Gasteiger partial charge in [-0.25, -0.2) is 0 Å². The van der Waals surface area contributed by atoms with Crippen LogP contribution in [0.25, 0.3) is 0 Å². The smallest absolute Gasteiger partial charge is 0.151 e. The van der Waals surface area contributed by atoms with E-state index < -0.39 is 0 Å². The van der Waals surface area contributed by atoms with E-state index in [1.807, 2.05) is 27.7 Å². The highest BCUT2D eigenvalue weighted by Crippen LogP contribution is 1.96. The maximum Gasteiger partial charge on any atom is 0.151 e. The minimum Gasteiger partial charge on any atom is -0.377 e. The average Bonchev–Trinajstić information content (AvgIpc) is 2.10. The Labute approximate surface area is 80.8 Å². The van der Waals surface area contributed by atoms with Gasteiger partial charge in [0.2, 0.25) is 0 Å². The van der Waals surface area contributed by atoms with E-state index >= 15 is 0 Å². The third-order valence-electron chi connectivity index (χ3n) is 1.78. The molecule has 3 heteroatoms. The summed E-state index contributed by atoms with van der Waals surface area (Å²) in [5, 5.41) is 3.11. The van der Waals surface area contributed by atoms with E-state index in [1.165, 1.54) is 0 Å². The van der Waals surface area contributed by atoms with Crippen LogP contribution in [-0.2, 0) is 9.53 Å². The standard InChI is InChI=1S/C10H21NO2/c1-5-10(12)9(11-6-2)7-13-8(3)4/h8-9,11H,5-7H2,1-4H3. The molecule has 3 nitrogen and oxygen atoms in total. The van der Waals surface area contributed by atoms with Crippen LogP contribution < -0.4 is 5.32 Å². The average molecular weight is 187 g/mol. The van der Waals surface area contributed by atoms with Gasteiger partial charge >= 0.3 is 0 Å². The van der Waals surface area contributed by atoms with Crippen LogP contribution in [0.4, 0.5) is 0 Å². The van der Waals surface area contributed by atoms with E-state index in [2.05, 4.69) is 5.32 Å². The SMILES string of the molecule is CCNC(COC(C)C)C(=O)CC. The van der Waals surface area contributed by atoms with Gasteiger partial charge in [-0.15, -0.1) is 0 Å². The molecule has 13 heavy (non-hydrogen) atoms. The predicted molar refractivity (Wildman–Crippen MR) is 53.9 cm³/mol. The lowest BCUT2D eigenvalue weighted by atomic mass is 10.1. The molecule has 0 aromatic heterocycles. The molecule has 0 aliphatic carbocycles. The van der Waals surface area contributed by atoms with Crippen molar-refractivity contribution in [2.24, 2.45) is 0 Å². The molecule has 1 atom stereocenters. The molecule has 0 radical (unpaired) electrons. The monoisotopic (exact) mass is 187 g/mol. The normalized spacial score (nSPS) is 13.3. The fourth-order valence-electron chi connectivity index (χ4n) is 1.05. The van der Waals surface area contributed by atoms with Crippen molar-refractivity contribution < 1.29 is 9.53 Å². The summed E-state index contributed by atoms with van der Waals surface area (Å²) in [6.07, 6.45) is 0.755. The second-order valence-electron chi connectivity index (χ2n) is 3.31. The number of hydrogen-bond acceptors (Lipinski definition) is 3. The number of rotatable bonds is 7. The van der Waals surface area contributed by atoms with Crippen LogP contribution in [0.15, 0.2) is 0 Å². The van der Waals surface area contributed by atoms with Crippen molar-refractivity contribution in [3.05, 3.63) is 0 Å². The zero-order valence-corrected chi connectivity index (χ0v) is 9.09. The largest absolute Gasteiger partial charge is 0.377 e. The third kappa shape index (κ3) is 5.77. The van der Waals surface area contributed by atoms with Crippen LogP contribution in [0.1, 0.15) is 34.1 Å². The van der Waals surface area contributed by atoms with Gasteiger partial charge in [0.1, 0.15) is 0 Å². The zero-order valence-electron chi connectivity index (χ0n) is 9.09. The molecule has 0 fully saturated rings. The van der Waals surface area contributed by atoms with Crippen molar-refractivity contribution >= 4 is 5.78 Å². The highest BCUT2D eigenvalue weighted by Gasteiger charge is 2.15. The van der Waals surface area contributed by atoms with Crippen LogP contribution >= 0.6 is 0 Å². The van der Waals surface area contributed by atoms with Crippen LogP contribution in [-0.4, -0.2) is 31.1 Å². The minimum atomic E-state index is -0.127. The van der Waals surface area contributed by atoms with Crippen LogP contribution in [0.3, 0.4) is 0 Å². The fourth-order valence-corrected chi connectivity index (χ4v) is 1.05. The lowest BCUT2D eigenvalue weighted by molar-refractivity contribution is -0.122. The summed E-state index contributed by atoms with van der Waals surface area (Å²) in [6.45, 7) is 9.10. The Morgan fingerprint density at radius 2 is 2.00 bits per heavy atom. The number of ether oxygens (including phenoxy) is 1. The van der Waals surface area contributed by atoms with Gasteiger partial charge in [0.15, 0.2) is 5.78 Å². The van der Waals surface area contributed by atoms with Gasteiger partial charge in [-0.1, -0.05) is 13.8 Å². The lowest BCUT2D eigenvalue weighted by Gasteiger charge is -2.17. The number of hydrogen-bond donors (Lipinski definition) is 1. The number of carbonyl (C=O) groups excluding carboxylic acids is 1. The van der Waals surface area contributed by atoms with E-state index in [9.17, 15) is 4.79 Å². The fraction of sp³-hybridized carbons (Fsp3) is 0.900. The van der Waals surface area contributed by atoms with Gasteiger partial charge in [-0.05, 0) is 20.4 Å². The van der Waals surface area contributed by atoms with Gasteiger partial charge in [-0.3, -0.25) is 4.79 Å². The first-order valence-corrected chi connectivity index (χ1v) is 4.99. The van der Waals surface area contributed by atoms with Crippen molar-refractivity contribution in [3.63, 3.8) is 0 Å². The van der Waals surface area contributed by atoms with E-state index in [1.54, 1.807) is 0 Å². The third-order valence-corrected chi connectivity index (χ3v) is 1.78. The maximum atomic E-state index is 11.4. The summed E-state index contributed by atoms with van der Waals surface area (Å²) >= 11 is 0. The summed E-state index contributed by atoms with van der Waals surface area (Å²) in [6, 6.07) is -0.127. The summed E-state index contributed by atoms with van der Waals surface area (Å²) in [5.41, 5.74) is 0. The first kappa shape index (κ1) is 12.6. The van der Waals surface area contributed by atoms with Crippen molar-refractivity contribution in [2.45, 2.75) is 46.3 Å². The lowest BCUT2D eigenvalue weighted by Crippen LogP contribution is -2.40. The molecule has 1 N–H and O–H groups in total. The van der Waals surface area contributed by atoms with Crippen molar-refractivity contribution in [3.8, 4) is 0 Å². The van der Waals surface area contributed by atoms with Gasteiger partial charge in [-0.2, -0.15) is 0 Å². The van der Waals surface area contributed by atoms with Crippen molar-refractivity contribution in [1.82, 2.24) is 5.32 Å². The van der Waals surface area contributed by atoms with E-state index in [0.717, 1.165) is 6.54 Å². The maximum absolute atomic E-state index is 11.4. The second-order valence-corrected chi connectivity index (χ2v) is 3.31. The number of likely N-dealkylation sites (N-methyl/N-ethyl adjacent to an activating group) is 1. The molecule has 0 spiro atoms. The summed E-state index contributed by atoms with van der Waals surface area (Å²) < 4.78 is 5.40. The molecule has 0 aliphatic heterocycles. The molecule has 0 heterocycles. The molecule has 0 bridgehead atoms. The van der Waals surface area contributed by atoms with Gasteiger partial charge in [0.05, 0.1) is 18.8 Å². The number of ketones is 1. The molecule has 0 rings (SSSR count). The molecular formula is C10H21NO2. The number of nitrogens with one attached hydrogen (secondary N) is 1. The minimum absolute atomic E-state index is 0.127. The Balaban J connectivity index is 3.86. The van der Waals surface area contributed by atoms with Gasteiger partial charge < -0.3 is 10.1 Å². The van der Waals surface area contributed by atoms with E-state index in [4.69, 9.17) is 4.74 Å².